The van der Waals surface area contributed by atoms with Crippen LogP contribution in [0.5, 0.6) is 0 Å². The Bertz CT molecular complexity index is 3300. The topological polar surface area (TPSA) is 51.8 Å². The molecule has 0 saturated carbocycles. The van der Waals surface area contributed by atoms with Crippen LogP contribution in [0.15, 0.2) is 205 Å². The van der Waals surface area contributed by atoms with Gasteiger partial charge in [0.1, 0.15) is 11.2 Å². The first-order valence-electron chi connectivity index (χ1n) is 19.2. The predicted molar refractivity (Wildman–Crippen MR) is 235 cm³/mol. The summed E-state index contributed by atoms with van der Waals surface area (Å²) in [6.07, 6.45) is 0. The molecule has 9 aromatic carbocycles. The van der Waals surface area contributed by atoms with Crippen LogP contribution in [0.2, 0.25) is 0 Å². The second kappa shape index (κ2) is 13.6. The first-order chi connectivity index (χ1) is 28.2. The van der Waals surface area contributed by atoms with Crippen molar-refractivity contribution >= 4 is 43.5 Å². The van der Waals surface area contributed by atoms with E-state index in [1.165, 1.54) is 21.5 Å². The van der Waals surface area contributed by atoms with Crippen LogP contribution in [-0.2, 0) is 0 Å². The van der Waals surface area contributed by atoms with Crippen LogP contribution in [0.25, 0.3) is 111 Å². The van der Waals surface area contributed by atoms with Crippen molar-refractivity contribution in [2.24, 2.45) is 0 Å². The third kappa shape index (κ3) is 5.92. The van der Waals surface area contributed by atoms with E-state index in [4.69, 9.17) is 19.4 Å². The molecule has 266 valence electrons. The van der Waals surface area contributed by atoms with Gasteiger partial charge in [-0.05, 0) is 91.3 Å². The molecule has 57 heavy (non-hydrogen) atoms. The molecule has 0 aliphatic heterocycles. The third-order valence-electron chi connectivity index (χ3n) is 10.9. The van der Waals surface area contributed by atoms with Gasteiger partial charge >= 0.3 is 0 Å². The van der Waals surface area contributed by atoms with Crippen molar-refractivity contribution in [1.82, 2.24) is 15.0 Å². The molecule has 0 N–H and O–H groups in total. The van der Waals surface area contributed by atoms with Crippen molar-refractivity contribution in [1.29, 1.82) is 0 Å². The van der Waals surface area contributed by atoms with Gasteiger partial charge in [-0.1, -0.05) is 164 Å². The van der Waals surface area contributed by atoms with E-state index in [2.05, 4.69) is 158 Å². The molecule has 4 nitrogen and oxygen atoms in total. The van der Waals surface area contributed by atoms with Gasteiger partial charge in [0.25, 0.3) is 0 Å². The highest BCUT2D eigenvalue weighted by Crippen LogP contribution is 2.40. The molecule has 2 heterocycles. The smallest absolute Gasteiger partial charge is 0.164 e. The number of rotatable bonds is 6. The maximum Gasteiger partial charge on any atom is 0.164 e. The molecule has 0 aliphatic carbocycles. The highest BCUT2D eigenvalue weighted by Gasteiger charge is 2.20. The molecule has 0 aliphatic rings. The lowest BCUT2D eigenvalue weighted by Crippen LogP contribution is -2.01. The Morgan fingerprint density at radius 1 is 0.281 bits per heavy atom. The van der Waals surface area contributed by atoms with Gasteiger partial charge in [0, 0.05) is 27.5 Å². The van der Waals surface area contributed by atoms with Crippen LogP contribution in [0.4, 0.5) is 0 Å². The summed E-state index contributed by atoms with van der Waals surface area (Å²) in [5, 5.41) is 6.84. The van der Waals surface area contributed by atoms with E-state index in [1.807, 2.05) is 42.5 Å². The number of furan rings is 1. The maximum absolute atomic E-state index is 6.48. The molecule has 0 fully saturated rings. The Kier molecular flexibility index (Phi) is 7.78. The molecule has 11 aromatic rings. The molecule has 0 spiro atoms. The van der Waals surface area contributed by atoms with Gasteiger partial charge in [-0.25, -0.2) is 15.0 Å². The van der Waals surface area contributed by atoms with E-state index in [1.54, 1.807) is 0 Å². The highest BCUT2D eigenvalue weighted by molar-refractivity contribution is 6.13. The van der Waals surface area contributed by atoms with Crippen molar-refractivity contribution in [2.75, 3.05) is 0 Å². The average Bonchev–Trinajstić information content (AvgIpc) is 3.67. The summed E-state index contributed by atoms with van der Waals surface area (Å²) in [6.45, 7) is 0. The Labute approximate surface area is 329 Å². The van der Waals surface area contributed by atoms with Crippen LogP contribution in [0, 0.1) is 0 Å². The monoisotopic (exact) mass is 727 g/mol. The quantitative estimate of drug-likeness (QED) is 0.171. The molecule has 0 amide bonds. The number of nitrogens with zero attached hydrogens (tertiary/aromatic N) is 3. The molecule has 0 saturated heterocycles. The van der Waals surface area contributed by atoms with Gasteiger partial charge in [-0.2, -0.15) is 0 Å². The normalized spacial score (nSPS) is 11.5. The van der Waals surface area contributed by atoms with Crippen LogP contribution in [-0.4, -0.2) is 15.0 Å². The summed E-state index contributed by atoms with van der Waals surface area (Å²) in [4.78, 5) is 15.6. The van der Waals surface area contributed by atoms with Crippen LogP contribution in [0.1, 0.15) is 0 Å². The minimum atomic E-state index is 0.586. The van der Waals surface area contributed by atoms with Crippen molar-refractivity contribution in [2.45, 2.75) is 0 Å². The number of hydrogen-bond donors (Lipinski definition) is 0. The summed E-state index contributed by atoms with van der Waals surface area (Å²) in [7, 11) is 0. The average molecular weight is 728 g/mol. The zero-order valence-electron chi connectivity index (χ0n) is 30.8. The lowest BCUT2D eigenvalue weighted by molar-refractivity contribution is 0.669. The minimum Gasteiger partial charge on any atom is -0.456 e. The fourth-order valence-electron chi connectivity index (χ4n) is 8.05. The molecular formula is C53H33N3O. The highest BCUT2D eigenvalue weighted by atomic mass is 16.3. The zero-order valence-corrected chi connectivity index (χ0v) is 30.8. The maximum atomic E-state index is 6.48. The van der Waals surface area contributed by atoms with Crippen LogP contribution < -0.4 is 0 Å². The SMILES string of the molecule is c1ccc(-c2nc(-c3ccc(-c4ccc5ccccc5c4)c(-c4ccccc4)c3)nc(-c3cccc4oc5ccc(-c6ccc7ccccc7c6)cc5c34)n2)cc1. The van der Waals surface area contributed by atoms with E-state index < -0.39 is 0 Å². The lowest BCUT2D eigenvalue weighted by Gasteiger charge is -2.14. The van der Waals surface area contributed by atoms with Crippen molar-refractivity contribution in [3.63, 3.8) is 0 Å². The van der Waals surface area contributed by atoms with E-state index in [-0.39, 0.29) is 0 Å². The van der Waals surface area contributed by atoms with Crippen LogP contribution >= 0.6 is 0 Å². The number of fused-ring (bicyclic) bond motifs is 5. The number of aromatic nitrogens is 3. The zero-order chi connectivity index (χ0) is 37.7. The Balaban J connectivity index is 1.10. The first-order valence-corrected chi connectivity index (χ1v) is 19.2. The van der Waals surface area contributed by atoms with Gasteiger partial charge in [0.15, 0.2) is 17.5 Å². The molecule has 0 bridgehead atoms. The standard InChI is InChI=1S/C53H33N3O/c1-3-14-36(15-4-1)46-33-43(26-28-44(46)42-25-23-35-13-8-10-19-39(35)31-42)52-54-51(37-16-5-2-6-17-37)55-53(56-52)45-20-11-21-49-50(45)47-32-41(27-29-48(47)57-49)40-24-22-34-12-7-9-18-38(34)30-40/h1-33H. The second-order valence-electron chi connectivity index (χ2n) is 14.4. The van der Waals surface area contributed by atoms with Crippen molar-refractivity contribution in [3.05, 3.63) is 200 Å². The van der Waals surface area contributed by atoms with Gasteiger partial charge in [-0.3, -0.25) is 0 Å². The van der Waals surface area contributed by atoms with Crippen LogP contribution in [0.3, 0.4) is 0 Å². The molecule has 2 aromatic heterocycles. The Morgan fingerprint density at radius 2 is 0.842 bits per heavy atom. The van der Waals surface area contributed by atoms with Gasteiger partial charge in [0.05, 0.1) is 0 Å². The van der Waals surface area contributed by atoms with Gasteiger partial charge in [-0.15, -0.1) is 0 Å². The Hall–Kier alpha value is -7.69. The Morgan fingerprint density at radius 3 is 1.58 bits per heavy atom. The van der Waals surface area contributed by atoms with E-state index in [0.29, 0.717) is 17.5 Å². The van der Waals surface area contributed by atoms with E-state index in [0.717, 1.165) is 72.0 Å². The fraction of sp³-hybridized carbons (Fsp3) is 0. The molecule has 4 heteroatoms. The fourth-order valence-corrected chi connectivity index (χ4v) is 8.05. The molecule has 0 atom stereocenters. The summed E-state index contributed by atoms with van der Waals surface area (Å²) >= 11 is 0. The van der Waals surface area contributed by atoms with Gasteiger partial charge < -0.3 is 4.42 Å². The molecular weight excluding hydrogens is 695 g/mol. The van der Waals surface area contributed by atoms with Gasteiger partial charge in [0.2, 0.25) is 0 Å². The summed E-state index contributed by atoms with van der Waals surface area (Å²) < 4.78 is 6.48. The predicted octanol–water partition coefficient (Wildman–Crippen LogP) is 14.1. The molecule has 0 unspecified atom stereocenters. The first kappa shape index (κ1) is 32.7. The second-order valence-corrected chi connectivity index (χ2v) is 14.4. The molecule has 0 radical (unpaired) electrons. The summed E-state index contributed by atoms with van der Waals surface area (Å²) in [5.41, 5.74) is 11.1. The van der Waals surface area contributed by atoms with E-state index in [9.17, 15) is 0 Å². The lowest BCUT2D eigenvalue weighted by atomic mass is 9.91. The third-order valence-corrected chi connectivity index (χ3v) is 10.9. The van der Waals surface area contributed by atoms with Crippen molar-refractivity contribution < 1.29 is 4.42 Å². The largest absolute Gasteiger partial charge is 0.456 e. The summed E-state index contributed by atoms with van der Waals surface area (Å²) in [5.74, 6) is 1.79. The minimum absolute atomic E-state index is 0.586. The van der Waals surface area contributed by atoms with E-state index >= 15 is 0 Å². The number of hydrogen-bond acceptors (Lipinski definition) is 4. The summed E-state index contributed by atoms with van der Waals surface area (Å²) in [6, 6.07) is 70.0. The van der Waals surface area contributed by atoms with Crippen molar-refractivity contribution in [3.8, 4) is 67.5 Å². The molecule has 11 rings (SSSR count). The number of benzene rings is 9.